The van der Waals surface area contributed by atoms with Crippen LogP contribution in [-0.4, -0.2) is 48.3 Å². The van der Waals surface area contributed by atoms with Crippen LogP contribution in [0, 0.1) is 0 Å². The van der Waals surface area contributed by atoms with E-state index in [4.69, 9.17) is 14.0 Å². The van der Waals surface area contributed by atoms with Crippen LogP contribution in [0.25, 0.3) is 0 Å². The molecule has 17 heavy (non-hydrogen) atoms. The summed E-state index contributed by atoms with van der Waals surface area (Å²) in [7, 11) is 1.54. The zero-order valence-corrected chi connectivity index (χ0v) is 9.96. The van der Waals surface area contributed by atoms with Crippen molar-refractivity contribution in [2.45, 2.75) is 31.3 Å². The summed E-state index contributed by atoms with van der Waals surface area (Å²) >= 11 is 0. The number of hydrogen-bond donors (Lipinski definition) is 1. The molecule has 96 valence electrons. The fourth-order valence-corrected chi connectivity index (χ4v) is 1.91. The number of rotatable bonds is 5. The lowest BCUT2D eigenvalue weighted by Gasteiger charge is -2.18. The summed E-state index contributed by atoms with van der Waals surface area (Å²) in [4.78, 5) is 4.28. The van der Waals surface area contributed by atoms with E-state index in [9.17, 15) is 5.11 Å². The molecule has 2 unspecified atom stereocenters. The lowest BCUT2D eigenvalue weighted by molar-refractivity contribution is 0.0599. The van der Waals surface area contributed by atoms with E-state index in [0.29, 0.717) is 24.7 Å². The largest absolute Gasteiger partial charge is 0.390 e. The maximum absolute atomic E-state index is 9.54. The molecule has 0 spiro atoms. The van der Waals surface area contributed by atoms with Crippen molar-refractivity contribution in [2.24, 2.45) is 0 Å². The molecule has 0 aliphatic carbocycles. The fourth-order valence-electron chi connectivity index (χ4n) is 1.91. The van der Waals surface area contributed by atoms with Crippen molar-refractivity contribution >= 4 is 0 Å². The first-order chi connectivity index (χ1) is 8.29. The molecule has 1 N–H and O–H groups in total. The van der Waals surface area contributed by atoms with E-state index in [1.54, 1.807) is 7.11 Å². The third-order valence-electron chi connectivity index (χ3n) is 2.78. The van der Waals surface area contributed by atoms with Gasteiger partial charge in [-0.2, -0.15) is 4.98 Å². The molecule has 0 bridgehead atoms. The van der Waals surface area contributed by atoms with Crippen LogP contribution < -0.4 is 0 Å². The second kappa shape index (κ2) is 6.09. The molecule has 1 aliphatic heterocycles. The summed E-state index contributed by atoms with van der Waals surface area (Å²) in [5, 5.41) is 13.5. The van der Waals surface area contributed by atoms with Crippen molar-refractivity contribution in [3.05, 3.63) is 11.7 Å². The molecule has 0 aromatic carbocycles. The maximum atomic E-state index is 9.54. The Hall–Kier alpha value is -0.980. The summed E-state index contributed by atoms with van der Waals surface area (Å²) in [6.07, 6.45) is 1.78. The van der Waals surface area contributed by atoms with Crippen LogP contribution in [0.5, 0.6) is 0 Å². The Kier molecular flexibility index (Phi) is 4.47. The molecule has 1 aromatic heterocycles. The quantitative estimate of drug-likeness (QED) is 0.810. The van der Waals surface area contributed by atoms with Gasteiger partial charge in [0.1, 0.15) is 0 Å². The fraction of sp³-hybridized carbons (Fsp3) is 0.818. The molecule has 1 fully saturated rings. The van der Waals surface area contributed by atoms with Crippen molar-refractivity contribution in [2.75, 3.05) is 26.9 Å². The molecule has 2 heterocycles. The first-order valence-corrected chi connectivity index (χ1v) is 5.87. The van der Waals surface area contributed by atoms with Gasteiger partial charge in [0.15, 0.2) is 5.82 Å². The molecule has 0 radical (unpaired) electrons. The van der Waals surface area contributed by atoms with E-state index in [1.165, 1.54) is 0 Å². The molecule has 2 atom stereocenters. The minimum Gasteiger partial charge on any atom is -0.390 e. The summed E-state index contributed by atoms with van der Waals surface area (Å²) < 4.78 is 15.3. The summed E-state index contributed by atoms with van der Waals surface area (Å²) in [5.41, 5.74) is 0. The summed E-state index contributed by atoms with van der Waals surface area (Å²) in [6.45, 7) is 1.73. The molecule has 6 heteroatoms. The van der Waals surface area contributed by atoms with Gasteiger partial charge < -0.3 is 19.1 Å². The van der Waals surface area contributed by atoms with E-state index in [-0.39, 0.29) is 12.5 Å². The van der Waals surface area contributed by atoms with Crippen LogP contribution in [0.2, 0.25) is 0 Å². The summed E-state index contributed by atoms with van der Waals surface area (Å²) in [5.74, 6) is 1.36. The predicted octanol–water partition coefficient (Wildman–Crippen LogP) is 0.513. The molecule has 1 aromatic rings. The number of aliphatic hydroxyl groups excluding tert-OH is 1. The van der Waals surface area contributed by atoms with Gasteiger partial charge in [0.25, 0.3) is 0 Å². The Balaban J connectivity index is 1.90. The molecule has 0 saturated carbocycles. The first kappa shape index (κ1) is 12.5. The van der Waals surface area contributed by atoms with Gasteiger partial charge in [-0.05, 0) is 12.8 Å². The SMILES string of the molecule is COCC(O)Cc1nc(C2CCCOC2)no1. The topological polar surface area (TPSA) is 77.6 Å². The van der Waals surface area contributed by atoms with Gasteiger partial charge in [-0.25, -0.2) is 0 Å². The van der Waals surface area contributed by atoms with Gasteiger partial charge in [-0.1, -0.05) is 5.16 Å². The van der Waals surface area contributed by atoms with Crippen LogP contribution in [0.1, 0.15) is 30.5 Å². The third-order valence-corrected chi connectivity index (χ3v) is 2.78. The zero-order valence-electron chi connectivity index (χ0n) is 9.96. The minimum atomic E-state index is -0.601. The molecule has 1 saturated heterocycles. The second-order valence-corrected chi connectivity index (χ2v) is 4.27. The van der Waals surface area contributed by atoms with E-state index in [2.05, 4.69) is 10.1 Å². The molecule has 1 aliphatic rings. The van der Waals surface area contributed by atoms with E-state index >= 15 is 0 Å². The third kappa shape index (κ3) is 3.49. The molecule has 6 nitrogen and oxygen atoms in total. The number of nitrogens with zero attached hydrogens (tertiary/aromatic N) is 2. The van der Waals surface area contributed by atoms with Crippen molar-refractivity contribution in [3.63, 3.8) is 0 Å². The minimum absolute atomic E-state index is 0.223. The highest BCUT2D eigenvalue weighted by molar-refractivity contribution is 4.97. The molecular weight excluding hydrogens is 224 g/mol. The highest BCUT2D eigenvalue weighted by atomic mass is 16.5. The van der Waals surface area contributed by atoms with Gasteiger partial charge in [0.2, 0.25) is 5.89 Å². The Labute approximate surface area is 99.9 Å². The number of hydrogen-bond acceptors (Lipinski definition) is 6. The van der Waals surface area contributed by atoms with E-state index in [0.717, 1.165) is 19.4 Å². The van der Waals surface area contributed by atoms with Crippen LogP contribution in [0.4, 0.5) is 0 Å². The van der Waals surface area contributed by atoms with Gasteiger partial charge in [0.05, 0.1) is 25.7 Å². The van der Waals surface area contributed by atoms with Crippen LogP contribution in [-0.2, 0) is 15.9 Å². The number of methoxy groups -OCH3 is 1. The smallest absolute Gasteiger partial charge is 0.229 e. The van der Waals surface area contributed by atoms with Gasteiger partial charge in [-0.3, -0.25) is 0 Å². The van der Waals surface area contributed by atoms with Crippen molar-refractivity contribution in [3.8, 4) is 0 Å². The standard InChI is InChI=1S/C11H18N2O4/c1-15-7-9(14)5-10-12-11(13-17-10)8-3-2-4-16-6-8/h8-9,14H,2-7H2,1H3. The molecule has 0 amide bonds. The zero-order chi connectivity index (χ0) is 12.1. The van der Waals surface area contributed by atoms with Crippen LogP contribution in [0.3, 0.4) is 0 Å². The molecule has 2 rings (SSSR count). The number of aromatic nitrogens is 2. The Morgan fingerprint density at radius 2 is 2.47 bits per heavy atom. The van der Waals surface area contributed by atoms with Crippen LogP contribution >= 0.6 is 0 Å². The maximum Gasteiger partial charge on any atom is 0.229 e. The first-order valence-electron chi connectivity index (χ1n) is 5.87. The second-order valence-electron chi connectivity index (χ2n) is 4.27. The van der Waals surface area contributed by atoms with Crippen molar-refractivity contribution < 1.29 is 19.1 Å². The number of ether oxygens (including phenoxy) is 2. The van der Waals surface area contributed by atoms with Crippen molar-refractivity contribution in [1.82, 2.24) is 10.1 Å². The average molecular weight is 242 g/mol. The Morgan fingerprint density at radius 3 is 3.18 bits per heavy atom. The average Bonchev–Trinajstić information content (AvgIpc) is 2.79. The van der Waals surface area contributed by atoms with Gasteiger partial charge >= 0.3 is 0 Å². The monoisotopic (exact) mass is 242 g/mol. The lowest BCUT2D eigenvalue weighted by atomic mass is 10.0. The molecular formula is C11H18N2O4. The highest BCUT2D eigenvalue weighted by Crippen LogP contribution is 2.22. The van der Waals surface area contributed by atoms with E-state index < -0.39 is 6.10 Å². The Bertz CT molecular complexity index is 336. The normalized spacial score (nSPS) is 22.6. The van der Waals surface area contributed by atoms with Crippen LogP contribution in [0.15, 0.2) is 4.52 Å². The summed E-state index contributed by atoms with van der Waals surface area (Å²) in [6, 6.07) is 0. The Morgan fingerprint density at radius 1 is 1.59 bits per heavy atom. The van der Waals surface area contributed by atoms with E-state index in [1.807, 2.05) is 0 Å². The lowest BCUT2D eigenvalue weighted by Crippen LogP contribution is -2.18. The van der Waals surface area contributed by atoms with Gasteiger partial charge in [-0.15, -0.1) is 0 Å². The highest BCUT2D eigenvalue weighted by Gasteiger charge is 2.22. The van der Waals surface area contributed by atoms with Crippen molar-refractivity contribution in [1.29, 1.82) is 0 Å². The predicted molar refractivity (Wildman–Crippen MR) is 58.7 cm³/mol. The van der Waals surface area contributed by atoms with Gasteiger partial charge in [0, 0.05) is 19.6 Å². The number of aliphatic hydroxyl groups is 1.